The number of hydrogen-bond acceptors (Lipinski definition) is 9. The summed E-state index contributed by atoms with van der Waals surface area (Å²) in [5, 5.41) is 0. The second kappa shape index (κ2) is 37.4. The minimum Gasteiger partial charge on any atom is -0.756 e. The van der Waals surface area contributed by atoms with Crippen LogP contribution >= 0.6 is 7.82 Å². The lowest BCUT2D eigenvalue weighted by atomic mass is 10.1. The van der Waals surface area contributed by atoms with Crippen LogP contribution in [0.5, 0.6) is 0 Å². The molecule has 0 heterocycles. The predicted molar refractivity (Wildman–Crippen MR) is 231 cm³/mol. The molecule has 0 aromatic carbocycles. The number of carbonyl (C=O) groups excluding carboxylic acids is 3. The maximum Gasteiger partial charge on any atom is 0.306 e. The maximum absolute atomic E-state index is 12.6. The van der Waals surface area contributed by atoms with Crippen LogP contribution in [-0.2, 0) is 37.5 Å². The molecular formula is C46H78NO9P. The third-order valence-electron chi connectivity index (χ3n) is 8.68. The molecule has 57 heavy (non-hydrogen) atoms. The molecule has 0 fully saturated rings. The molecule has 0 amide bonds. The minimum absolute atomic E-state index is 0.0641. The highest BCUT2D eigenvalue weighted by atomic mass is 31.2. The number of quaternary nitrogens is 1. The first-order chi connectivity index (χ1) is 27.4. The van der Waals surface area contributed by atoms with Gasteiger partial charge in [-0.3, -0.25) is 18.9 Å². The van der Waals surface area contributed by atoms with Crippen molar-refractivity contribution in [2.45, 2.75) is 155 Å². The van der Waals surface area contributed by atoms with Gasteiger partial charge in [0.05, 0.1) is 27.7 Å². The van der Waals surface area contributed by atoms with Crippen LogP contribution < -0.4 is 4.89 Å². The number of likely N-dealkylation sites (N-methyl/N-ethyl adjacent to an activating group) is 1. The highest BCUT2D eigenvalue weighted by Crippen LogP contribution is 2.38. The smallest absolute Gasteiger partial charge is 0.306 e. The monoisotopic (exact) mass is 820 g/mol. The van der Waals surface area contributed by atoms with Crippen LogP contribution in [0.3, 0.4) is 0 Å². The van der Waals surface area contributed by atoms with Gasteiger partial charge in [0.2, 0.25) is 0 Å². The number of phosphoric acid groups is 1. The van der Waals surface area contributed by atoms with Crippen molar-refractivity contribution in [2.24, 2.45) is 0 Å². The third kappa shape index (κ3) is 41.1. The summed E-state index contributed by atoms with van der Waals surface area (Å²) >= 11 is 0. The van der Waals surface area contributed by atoms with Gasteiger partial charge in [0, 0.05) is 19.3 Å². The summed E-state index contributed by atoms with van der Waals surface area (Å²) in [5.74, 6) is -0.884. The van der Waals surface area contributed by atoms with Gasteiger partial charge >= 0.3 is 11.9 Å². The van der Waals surface area contributed by atoms with Gasteiger partial charge in [-0.2, -0.15) is 0 Å². The van der Waals surface area contributed by atoms with Crippen molar-refractivity contribution >= 4 is 25.5 Å². The van der Waals surface area contributed by atoms with E-state index in [4.69, 9.17) is 18.5 Å². The van der Waals surface area contributed by atoms with E-state index in [0.717, 1.165) is 57.8 Å². The molecule has 0 aromatic rings. The summed E-state index contributed by atoms with van der Waals surface area (Å²) in [6.45, 7) is 3.92. The molecule has 11 heteroatoms. The van der Waals surface area contributed by atoms with Gasteiger partial charge in [-0.1, -0.05) is 126 Å². The number of allylic oxidation sites excluding steroid dienone is 12. The molecule has 0 aromatic heterocycles. The number of carbonyl (C=O) groups is 3. The Morgan fingerprint density at radius 3 is 1.72 bits per heavy atom. The normalized spacial score (nSPS) is 14.2. The largest absolute Gasteiger partial charge is 0.756 e. The number of ether oxygens (including phenoxy) is 2. The Labute approximate surface area is 346 Å². The predicted octanol–water partition coefficient (Wildman–Crippen LogP) is 10.8. The molecule has 0 spiro atoms. The summed E-state index contributed by atoms with van der Waals surface area (Å²) in [4.78, 5) is 49.5. The topological polar surface area (TPSA) is 128 Å². The summed E-state index contributed by atoms with van der Waals surface area (Å²) in [5.41, 5.74) is 0. The van der Waals surface area contributed by atoms with Crippen LogP contribution in [0.15, 0.2) is 72.9 Å². The maximum atomic E-state index is 12.6. The molecule has 0 aliphatic heterocycles. The summed E-state index contributed by atoms with van der Waals surface area (Å²) in [6, 6.07) is 0. The second-order valence-electron chi connectivity index (χ2n) is 15.4. The van der Waals surface area contributed by atoms with Gasteiger partial charge in [0.1, 0.15) is 19.8 Å². The van der Waals surface area contributed by atoms with Crippen LogP contribution in [-0.4, -0.2) is 75.8 Å². The summed E-state index contributed by atoms with van der Waals surface area (Å²) in [6.07, 6.45) is 41.8. The molecule has 0 saturated carbocycles. The number of nitrogens with zero attached hydrogens (tertiary/aromatic N) is 1. The Morgan fingerprint density at radius 1 is 0.596 bits per heavy atom. The quantitative estimate of drug-likeness (QED) is 0.0114. The molecule has 0 N–H and O–H groups in total. The molecule has 326 valence electrons. The van der Waals surface area contributed by atoms with E-state index in [2.05, 4.69) is 62.5 Å². The fraction of sp³-hybridized carbons (Fsp3) is 0.674. The van der Waals surface area contributed by atoms with Gasteiger partial charge in [-0.25, -0.2) is 0 Å². The van der Waals surface area contributed by atoms with Crippen LogP contribution in [0, 0.1) is 0 Å². The standard InChI is InChI=1S/C46H78NO9P/c1-6-8-10-12-14-15-16-17-18-19-20-21-22-23-25-29-34-38-46(50)56-44(42-55-57(51,52)54-40-39-47(3,4)5)41-53-45(49)37-33-30-26-28-32-36-43(48)35-31-27-24-13-11-9-7-2/h14-15,17-18,20-21,23-25,27,31,35,44H,6-13,16,19,22,26,28-30,32-34,36-42H2,1-5H3/b15-14-,18-17-,21-20-,25-23-,27-24-,35-31+/t44-/m1/s1. The van der Waals surface area contributed by atoms with Crippen molar-refractivity contribution in [2.75, 3.05) is 47.5 Å². The van der Waals surface area contributed by atoms with E-state index in [1.165, 1.54) is 38.5 Å². The number of phosphoric ester groups is 1. The van der Waals surface area contributed by atoms with Crippen molar-refractivity contribution in [1.82, 2.24) is 0 Å². The molecule has 0 radical (unpaired) electrons. The Morgan fingerprint density at radius 2 is 1.12 bits per heavy atom. The SMILES string of the molecule is CCCCC/C=C\C=C\C(=O)CCCCCCCC(=O)OC[C@H](COP(=O)([O-])OCC[N+](C)(C)C)OC(=O)CCC/C=C\C/C=C\C/C=C\C/C=C\CCCCC. The van der Waals surface area contributed by atoms with Crippen molar-refractivity contribution in [3.05, 3.63) is 72.9 Å². The van der Waals surface area contributed by atoms with Crippen LogP contribution in [0.25, 0.3) is 0 Å². The van der Waals surface area contributed by atoms with Crippen molar-refractivity contribution < 1.29 is 46.8 Å². The molecule has 0 aliphatic carbocycles. The Balaban J connectivity index is 4.57. The van der Waals surface area contributed by atoms with E-state index in [1.54, 1.807) is 6.08 Å². The van der Waals surface area contributed by atoms with Crippen molar-refractivity contribution in [3.63, 3.8) is 0 Å². The van der Waals surface area contributed by atoms with Gasteiger partial charge in [0.25, 0.3) is 7.82 Å². The summed E-state index contributed by atoms with van der Waals surface area (Å²) in [7, 11) is 1.05. The average Bonchev–Trinajstić information content (AvgIpc) is 3.15. The highest BCUT2D eigenvalue weighted by Gasteiger charge is 2.21. The first kappa shape index (κ1) is 54.1. The first-order valence-corrected chi connectivity index (χ1v) is 23.1. The minimum atomic E-state index is -4.67. The van der Waals surface area contributed by atoms with E-state index < -0.39 is 32.5 Å². The van der Waals surface area contributed by atoms with Crippen LogP contribution in [0.2, 0.25) is 0 Å². The number of hydrogen-bond donors (Lipinski definition) is 0. The highest BCUT2D eigenvalue weighted by molar-refractivity contribution is 7.45. The van der Waals surface area contributed by atoms with Gasteiger partial charge in [-0.15, -0.1) is 0 Å². The van der Waals surface area contributed by atoms with Gasteiger partial charge in [-0.05, 0) is 76.7 Å². The number of ketones is 1. The van der Waals surface area contributed by atoms with E-state index in [0.29, 0.717) is 36.7 Å². The van der Waals surface area contributed by atoms with Crippen LogP contribution in [0.4, 0.5) is 0 Å². The first-order valence-electron chi connectivity index (χ1n) is 21.6. The number of unbranched alkanes of at least 4 members (excludes halogenated alkanes) is 11. The van der Waals surface area contributed by atoms with Gasteiger partial charge in [0.15, 0.2) is 11.9 Å². The zero-order chi connectivity index (χ0) is 42.3. The summed E-state index contributed by atoms with van der Waals surface area (Å²) < 4.78 is 33.7. The average molecular weight is 820 g/mol. The molecule has 0 aliphatic rings. The molecule has 10 nitrogen and oxygen atoms in total. The van der Waals surface area contributed by atoms with Crippen LogP contribution in [0.1, 0.15) is 149 Å². The van der Waals surface area contributed by atoms with Crippen molar-refractivity contribution in [1.29, 1.82) is 0 Å². The van der Waals surface area contributed by atoms with E-state index >= 15 is 0 Å². The van der Waals surface area contributed by atoms with Crippen molar-refractivity contribution in [3.8, 4) is 0 Å². The fourth-order valence-corrected chi connectivity index (χ4v) is 5.94. The molecule has 0 saturated heterocycles. The zero-order valence-electron chi connectivity index (χ0n) is 36.3. The lowest BCUT2D eigenvalue weighted by Gasteiger charge is -2.28. The van der Waals surface area contributed by atoms with E-state index in [1.807, 2.05) is 39.4 Å². The van der Waals surface area contributed by atoms with Gasteiger partial charge < -0.3 is 27.9 Å². The third-order valence-corrected chi connectivity index (χ3v) is 9.64. The Kier molecular flexibility index (Phi) is 35.5. The molecule has 0 bridgehead atoms. The number of esters is 2. The second-order valence-corrected chi connectivity index (χ2v) is 16.8. The lowest BCUT2D eigenvalue weighted by molar-refractivity contribution is -0.870. The lowest BCUT2D eigenvalue weighted by Crippen LogP contribution is -2.37. The molecular weight excluding hydrogens is 741 g/mol. The Bertz CT molecular complexity index is 1260. The molecule has 0 rings (SSSR count). The molecule has 2 atom stereocenters. The van der Waals surface area contributed by atoms with E-state index in [9.17, 15) is 23.8 Å². The Hall–Kier alpha value is -2.88. The number of rotatable bonds is 38. The molecule has 1 unspecified atom stereocenters. The fourth-order valence-electron chi connectivity index (χ4n) is 5.21. The zero-order valence-corrected chi connectivity index (χ0v) is 37.1. The van der Waals surface area contributed by atoms with E-state index in [-0.39, 0.29) is 31.8 Å².